The predicted octanol–water partition coefficient (Wildman–Crippen LogP) is 12.6. The van der Waals surface area contributed by atoms with Gasteiger partial charge >= 0.3 is 0 Å². The smallest absolute Gasteiger partial charge is 0.220 e. The summed E-state index contributed by atoms with van der Waals surface area (Å²) in [7, 11) is 0. The van der Waals surface area contributed by atoms with Crippen molar-refractivity contribution in [3.8, 4) is 0 Å². The average molecular weight is 670 g/mol. The molecule has 278 valence electrons. The number of aliphatic hydroxyl groups is 2. The summed E-state index contributed by atoms with van der Waals surface area (Å²) in [6, 6.07) is -0.556. The second-order valence-corrected chi connectivity index (χ2v) is 13.7. The number of hydrogen-bond acceptors (Lipinski definition) is 3. The van der Waals surface area contributed by atoms with Gasteiger partial charge in [0.1, 0.15) is 0 Å². The van der Waals surface area contributed by atoms with Crippen LogP contribution in [0.2, 0.25) is 0 Å². The SMILES string of the molecule is CC/C=C\C/C=C\C/C=C\C/C=C\C/C=C\CCCCCC(=O)NC(CO)C(O)CCCCCCCCCCCCCCCCCCC. The minimum Gasteiger partial charge on any atom is -0.394 e. The van der Waals surface area contributed by atoms with E-state index in [1.807, 2.05) is 0 Å². The molecule has 0 aliphatic rings. The summed E-state index contributed by atoms with van der Waals surface area (Å²) in [5, 5.41) is 23.1. The third-order valence-electron chi connectivity index (χ3n) is 9.04. The number of carbonyl (C=O) groups excluding carboxylic acids is 1. The molecule has 0 saturated heterocycles. The Morgan fingerprint density at radius 1 is 0.521 bits per heavy atom. The van der Waals surface area contributed by atoms with Crippen LogP contribution in [0.3, 0.4) is 0 Å². The molecule has 0 heterocycles. The van der Waals surface area contributed by atoms with E-state index in [4.69, 9.17) is 0 Å². The van der Waals surface area contributed by atoms with Gasteiger partial charge in [-0.3, -0.25) is 4.79 Å². The van der Waals surface area contributed by atoms with Crippen molar-refractivity contribution < 1.29 is 15.0 Å². The molecule has 0 aliphatic carbocycles. The van der Waals surface area contributed by atoms with E-state index in [-0.39, 0.29) is 12.5 Å². The minimum absolute atomic E-state index is 0.0645. The number of nitrogens with one attached hydrogen (secondary N) is 1. The van der Waals surface area contributed by atoms with E-state index in [0.717, 1.165) is 70.6 Å². The molecule has 0 rings (SSSR count). The summed E-state index contributed by atoms with van der Waals surface area (Å²) >= 11 is 0. The fourth-order valence-electron chi connectivity index (χ4n) is 5.92. The average Bonchev–Trinajstić information content (AvgIpc) is 3.09. The van der Waals surface area contributed by atoms with Crippen LogP contribution in [0.25, 0.3) is 0 Å². The maximum absolute atomic E-state index is 12.4. The third kappa shape index (κ3) is 35.4. The van der Waals surface area contributed by atoms with E-state index >= 15 is 0 Å². The van der Waals surface area contributed by atoms with Crippen LogP contribution in [0.15, 0.2) is 60.8 Å². The molecule has 0 aromatic carbocycles. The highest BCUT2D eigenvalue weighted by molar-refractivity contribution is 5.76. The predicted molar refractivity (Wildman–Crippen MR) is 211 cm³/mol. The van der Waals surface area contributed by atoms with Crippen LogP contribution in [-0.2, 0) is 4.79 Å². The van der Waals surface area contributed by atoms with Crippen molar-refractivity contribution in [2.75, 3.05) is 6.61 Å². The van der Waals surface area contributed by atoms with Gasteiger partial charge in [-0.1, -0.05) is 190 Å². The maximum Gasteiger partial charge on any atom is 0.220 e. The Bertz CT molecular complexity index is 812. The summed E-state index contributed by atoms with van der Waals surface area (Å²) < 4.78 is 0. The lowest BCUT2D eigenvalue weighted by Crippen LogP contribution is -2.45. The Balaban J connectivity index is 3.64. The maximum atomic E-state index is 12.4. The zero-order valence-electron chi connectivity index (χ0n) is 31.7. The Morgan fingerprint density at radius 2 is 0.917 bits per heavy atom. The van der Waals surface area contributed by atoms with Crippen molar-refractivity contribution in [3.63, 3.8) is 0 Å². The molecule has 0 aliphatic heterocycles. The van der Waals surface area contributed by atoms with Crippen LogP contribution < -0.4 is 5.32 Å². The molecule has 2 unspecified atom stereocenters. The minimum atomic E-state index is -0.675. The summed E-state index contributed by atoms with van der Waals surface area (Å²) in [6.07, 6.45) is 54.2. The number of aliphatic hydroxyl groups excluding tert-OH is 2. The lowest BCUT2D eigenvalue weighted by Gasteiger charge is -2.22. The lowest BCUT2D eigenvalue weighted by atomic mass is 10.0. The van der Waals surface area contributed by atoms with Crippen LogP contribution in [0.1, 0.15) is 194 Å². The first kappa shape index (κ1) is 46.1. The van der Waals surface area contributed by atoms with E-state index in [9.17, 15) is 15.0 Å². The molecule has 0 aromatic heterocycles. The molecular formula is C44H79NO3. The van der Waals surface area contributed by atoms with Gasteiger partial charge in [0.15, 0.2) is 0 Å². The molecule has 0 aromatic rings. The molecule has 4 nitrogen and oxygen atoms in total. The Hall–Kier alpha value is -1.91. The van der Waals surface area contributed by atoms with Crippen molar-refractivity contribution in [3.05, 3.63) is 60.8 Å². The van der Waals surface area contributed by atoms with Crippen LogP contribution in [-0.4, -0.2) is 34.9 Å². The molecule has 0 fully saturated rings. The molecule has 0 spiro atoms. The van der Waals surface area contributed by atoms with Crippen molar-refractivity contribution >= 4 is 5.91 Å². The van der Waals surface area contributed by atoms with Gasteiger partial charge < -0.3 is 15.5 Å². The second kappa shape index (κ2) is 39.5. The molecule has 2 atom stereocenters. The Labute approximate surface area is 298 Å². The first-order chi connectivity index (χ1) is 23.7. The van der Waals surface area contributed by atoms with Crippen molar-refractivity contribution in [2.45, 2.75) is 206 Å². The zero-order chi connectivity index (χ0) is 35.0. The zero-order valence-corrected chi connectivity index (χ0v) is 31.7. The largest absolute Gasteiger partial charge is 0.394 e. The number of unbranched alkanes of at least 4 members (excludes halogenated alkanes) is 19. The van der Waals surface area contributed by atoms with Crippen LogP contribution in [0.5, 0.6) is 0 Å². The summed E-state index contributed by atoms with van der Waals surface area (Å²) in [5.74, 6) is -0.0645. The highest BCUT2D eigenvalue weighted by Crippen LogP contribution is 2.15. The first-order valence-electron chi connectivity index (χ1n) is 20.5. The molecule has 48 heavy (non-hydrogen) atoms. The van der Waals surface area contributed by atoms with Gasteiger partial charge in [0, 0.05) is 6.42 Å². The Morgan fingerprint density at radius 3 is 1.35 bits per heavy atom. The van der Waals surface area contributed by atoms with Crippen LogP contribution >= 0.6 is 0 Å². The van der Waals surface area contributed by atoms with E-state index < -0.39 is 12.1 Å². The molecular weight excluding hydrogens is 590 g/mol. The fraction of sp³-hybridized carbons (Fsp3) is 0.750. The summed E-state index contributed by atoms with van der Waals surface area (Å²) in [5.41, 5.74) is 0. The number of amides is 1. The molecule has 4 heteroatoms. The van der Waals surface area contributed by atoms with E-state index in [1.165, 1.54) is 96.3 Å². The highest BCUT2D eigenvalue weighted by atomic mass is 16.3. The van der Waals surface area contributed by atoms with Gasteiger partial charge in [0.2, 0.25) is 5.91 Å². The molecule has 0 saturated carbocycles. The number of carbonyl (C=O) groups is 1. The number of rotatable bonds is 36. The first-order valence-corrected chi connectivity index (χ1v) is 20.5. The van der Waals surface area contributed by atoms with Crippen LogP contribution in [0.4, 0.5) is 0 Å². The van der Waals surface area contributed by atoms with Crippen LogP contribution in [0, 0.1) is 0 Å². The topological polar surface area (TPSA) is 69.6 Å². The summed E-state index contributed by atoms with van der Waals surface area (Å²) in [4.78, 5) is 12.4. The third-order valence-corrected chi connectivity index (χ3v) is 9.04. The van der Waals surface area contributed by atoms with Crippen molar-refractivity contribution in [1.29, 1.82) is 0 Å². The van der Waals surface area contributed by atoms with E-state index in [2.05, 4.69) is 79.9 Å². The molecule has 0 bridgehead atoms. The van der Waals surface area contributed by atoms with Crippen molar-refractivity contribution in [1.82, 2.24) is 5.32 Å². The molecule has 3 N–H and O–H groups in total. The van der Waals surface area contributed by atoms with Crippen molar-refractivity contribution in [2.24, 2.45) is 0 Å². The summed E-state index contributed by atoms with van der Waals surface area (Å²) in [6.45, 7) is 4.22. The second-order valence-electron chi connectivity index (χ2n) is 13.7. The van der Waals surface area contributed by atoms with E-state index in [0.29, 0.717) is 12.8 Å². The highest BCUT2D eigenvalue weighted by Gasteiger charge is 2.19. The Kier molecular flexibility index (Phi) is 38.0. The lowest BCUT2D eigenvalue weighted by molar-refractivity contribution is -0.123. The van der Waals surface area contributed by atoms with Gasteiger partial charge in [-0.05, 0) is 57.8 Å². The van der Waals surface area contributed by atoms with Gasteiger partial charge in [0.25, 0.3) is 0 Å². The quantitative estimate of drug-likeness (QED) is 0.0459. The van der Waals surface area contributed by atoms with Gasteiger partial charge in [-0.15, -0.1) is 0 Å². The van der Waals surface area contributed by atoms with Gasteiger partial charge in [-0.2, -0.15) is 0 Å². The molecule has 0 radical (unpaired) electrons. The normalized spacial score (nSPS) is 13.7. The molecule has 1 amide bonds. The monoisotopic (exact) mass is 670 g/mol. The van der Waals surface area contributed by atoms with E-state index in [1.54, 1.807) is 0 Å². The van der Waals surface area contributed by atoms with Gasteiger partial charge in [0.05, 0.1) is 18.8 Å². The standard InChI is InChI=1S/C44H79NO3/c1-3-5-7-9-11-13-15-17-19-21-22-24-26-28-30-32-34-36-38-40-44(48)45-42(41-46)43(47)39-37-35-33-31-29-27-25-23-20-18-16-14-12-10-8-6-4-2/h5,7,11,13,17,19,22,24,28,30,42-43,46-47H,3-4,6,8-10,12,14-16,18,20-21,23,25-27,29,31-41H2,1-2H3,(H,45,48)/b7-5-,13-11-,19-17-,24-22-,30-28-. The number of hydrogen-bond donors (Lipinski definition) is 3. The number of allylic oxidation sites excluding steroid dienone is 10. The van der Waals surface area contributed by atoms with Gasteiger partial charge in [-0.25, -0.2) is 0 Å². The fourth-order valence-corrected chi connectivity index (χ4v) is 5.92.